The highest BCUT2D eigenvalue weighted by Crippen LogP contribution is 2.17. The van der Waals surface area contributed by atoms with Crippen molar-refractivity contribution < 1.29 is 34.8 Å². The van der Waals surface area contributed by atoms with Gasteiger partial charge in [-0.05, 0) is 19.8 Å². The number of aliphatic hydroxyl groups is 1. The maximum Gasteiger partial charge on any atom is 0.335 e. The van der Waals surface area contributed by atoms with Crippen LogP contribution in [0, 0.1) is 0 Å². The molecule has 0 aromatic carbocycles. The number of hydrogen-bond acceptors (Lipinski definition) is 4. The number of unbranched alkanes of at least 4 members (excludes halogenated alkanes) is 15. The van der Waals surface area contributed by atoms with Gasteiger partial charge in [-0.1, -0.05) is 103 Å². The highest BCUT2D eigenvalue weighted by Gasteiger charge is 2.28. The number of rotatable bonds is 21. The molecular formula is C25H48O7. The van der Waals surface area contributed by atoms with Crippen LogP contribution >= 0.6 is 0 Å². The van der Waals surface area contributed by atoms with E-state index >= 15 is 0 Å². The van der Waals surface area contributed by atoms with Gasteiger partial charge in [0.1, 0.15) is 0 Å². The van der Waals surface area contributed by atoms with Crippen molar-refractivity contribution in [3.8, 4) is 0 Å². The summed E-state index contributed by atoms with van der Waals surface area (Å²) in [5.41, 5.74) is -1.55. The zero-order chi connectivity index (χ0) is 24.7. The van der Waals surface area contributed by atoms with Crippen LogP contribution in [0.5, 0.6) is 0 Å². The van der Waals surface area contributed by atoms with Gasteiger partial charge in [0.05, 0.1) is 12.8 Å². The monoisotopic (exact) mass is 460 g/mol. The van der Waals surface area contributed by atoms with Crippen molar-refractivity contribution in [3.63, 3.8) is 0 Å². The van der Waals surface area contributed by atoms with Crippen molar-refractivity contribution in [1.82, 2.24) is 0 Å². The lowest BCUT2D eigenvalue weighted by Gasteiger charge is -2.17. The molecule has 0 aliphatic heterocycles. The average Bonchev–Trinajstić information content (AvgIpc) is 2.72. The molecule has 0 bridgehead atoms. The Labute approximate surface area is 194 Å². The Morgan fingerprint density at radius 2 is 0.844 bits per heavy atom. The molecule has 0 saturated heterocycles. The minimum atomic E-state index is -1.55. The van der Waals surface area contributed by atoms with E-state index in [1.165, 1.54) is 90.4 Å². The van der Waals surface area contributed by atoms with Crippen LogP contribution in [0.2, 0.25) is 0 Å². The van der Waals surface area contributed by atoms with Crippen molar-refractivity contribution >= 4 is 17.9 Å². The summed E-state index contributed by atoms with van der Waals surface area (Å²) >= 11 is 0. The fourth-order valence-electron chi connectivity index (χ4n) is 3.34. The lowest BCUT2D eigenvalue weighted by Crippen LogP contribution is -2.34. The van der Waals surface area contributed by atoms with E-state index in [1.807, 2.05) is 0 Å². The molecule has 0 rings (SSSR count). The summed E-state index contributed by atoms with van der Waals surface area (Å²) < 4.78 is 0. The van der Waals surface area contributed by atoms with Crippen LogP contribution < -0.4 is 0 Å². The molecule has 7 nitrogen and oxygen atoms in total. The smallest absolute Gasteiger partial charge is 0.335 e. The summed E-state index contributed by atoms with van der Waals surface area (Å²) in [6.07, 6.45) is 20.6. The molecule has 0 fully saturated rings. The van der Waals surface area contributed by atoms with E-state index in [0.717, 1.165) is 19.3 Å². The minimum absolute atomic E-state index is 0.296. The Kier molecular flexibility index (Phi) is 22.9. The summed E-state index contributed by atoms with van der Waals surface area (Å²) in [4.78, 5) is 30.0. The number of aliphatic carboxylic acids is 3. The Bertz CT molecular complexity index is 461. The van der Waals surface area contributed by atoms with Crippen LogP contribution in [-0.2, 0) is 14.4 Å². The van der Waals surface area contributed by atoms with Crippen LogP contribution in [0.15, 0.2) is 0 Å². The molecule has 32 heavy (non-hydrogen) atoms. The van der Waals surface area contributed by atoms with Crippen molar-refractivity contribution in [1.29, 1.82) is 0 Å². The zero-order valence-electron chi connectivity index (χ0n) is 20.4. The quantitative estimate of drug-likeness (QED) is 0.145. The van der Waals surface area contributed by atoms with Crippen molar-refractivity contribution in [2.45, 2.75) is 141 Å². The van der Waals surface area contributed by atoms with Gasteiger partial charge in [-0.2, -0.15) is 0 Å². The Morgan fingerprint density at radius 3 is 1.09 bits per heavy atom. The summed E-state index contributed by atoms with van der Waals surface area (Å²) in [5.74, 6) is -3.26. The molecule has 0 radical (unpaired) electrons. The first-order valence-electron chi connectivity index (χ1n) is 12.5. The van der Waals surface area contributed by atoms with E-state index in [4.69, 9.17) is 15.3 Å². The highest BCUT2D eigenvalue weighted by molar-refractivity contribution is 5.76. The van der Waals surface area contributed by atoms with Crippen LogP contribution in [0.1, 0.15) is 136 Å². The molecule has 0 amide bonds. The standard InChI is InChI=1S/C21H42O3.C4H6O4/c1-3-4-5-6-7-8-9-10-11-12-13-14-15-16-17-18-19-21(2,24)20(22)23;5-3(6)1-2-4(7)8/h24H,3-19H2,1-2H3,(H,22,23);1-2H2,(H,5,6)(H,7,8). The minimum Gasteiger partial charge on any atom is -0.481 e. The molecule has 190 valence electrons. The first kappa shape index (κ1) is 32.5. The predicted octanol–water partition coefficient (Wildman–Crippen LogP) is 6.41. The van der Waals surface area contributed by atoms with Gasteiger partial charge in [-0.3, -0.25) is 9.59 Å². The fraction of sp³-hybridized carbons (Fsp3) is 0.880. The average molecular weight is 461 g/mol. The van der Waals surface area contributed by atoms with Gasteiger partial charge in [-0.25, -0.2) is 4.79 Å². The molecule has 0 aromatic heterocycles. The molecule has 0 saturated carbocycles. The summed E-state index contributed by atoms with van der Waals surface area (Å²) in [6.45, 7) is 3.66. The fourth-order valence-corrected chi connectivity index (χ4v) is 3.34. The summed E-state index contributed by atoms with van der Waals surface area (Å²) in [5, 5.41) is 34.2. The molecule has 0 spiro atoms. The number of carboxylic acids is 3. The van der Waals surface area contributed by atoms with Gasteiger partial charge < -0.3 is 20.4 Å². The van der Waals surface area contributed by atoms with Crippen LogP contribution in [0.25, 0.3) is 0 Å². The van der Waals surface area contributed by atoms with E-state index < -0.39 is 23.5 Å². The lowest BCUT2D eigenvalue weighted by molar-refractivity contribution is -0.157. The second-order valence-corrected chi connectivity index (χ2v) is 8.92. The van der Waals surface area contributed by atoms with Crippen molar-refractivity contribution in [2.75, 3.05) is 0 Å². The molecule has 0 aromatic rings. The van der Waals surface area contributed by atoms with Crippen molar-refractivity contribution in [3.05, 3.63) is 0 Å². The predicted molar refractivity (Wildman–Crippen MR) is 127 cm³/mol. The number of carbonyl (C=O) groups is 3. The van der Waals surface area contributed by atoms with Gasteiger partial charge in [0.2, 0.25) is 0 Å². The van der Waals surface area contributed by atoms with E-state index in [2.05, 4.69) is 6.92 Å². The SMILES string of the molecule is CCCCCCCCCCCCCCCCCCC(C)(O)C(=O)O.O=C(O)CCC(=O)O. The maximum atomic E-state index is 10.8. The van der Waals surface area contributed by atoms with Gasteiger partial charge in [-0.15, -0.1) is 0 Å². The second kappa shape index (κ2) is 22.6. The largest absolute Gasteiger partial charge is 0.481 e. The number of carboxylic acid groups (broad SMARTS) is 3. The zero-order valence-corrected chi connectivity index (χ0v) is 20.4. The van der Waals surface area contributed by atoms with Gasteiger partial charge in [0.15, 0.2) is 5.60 Å². The second-order valence-electron chi connectivity index (χ2n) is 8.92. The Balaban J connectivity index is 0. The van der Waals surface area contributed by atoms with E-state index in [-0.39, 0.29) is 12.8 Å². The summed E-state index contributed by atoms with van der Waals surface area (Å²) in [6, 6.07) is 0. The van der Waals surface area contributed by atoms with Gasteiger partial charge >= 0.3 is 17.9 Å². The van der Waals surface area contributed by atoms with E-state index in [9.17, 15) is 19.5 Å². The van der Waals surface area contributed by atoms with Gasteiger partial charge in [0.25, 0.3) is 0 Å². The molecule has 1 atom stereocenters. The highest BCUT2D eigenvalue weighted by atomic mass is 16.4. The van der Waals surface area contributed by atoms with Crippen molar-refractivity contribution in [2.24, 2.45) is 0 Å². The van der Waals surface area contributed by atoms with Crippen LogP contribution in [-0.4, -0.2) is 43.9 Å². The Morgan fingerprint density at radius 1 is 0.562 bits per heavy atom. The van der Waals surface area contributed by atoms with E-state index in [1.54, 1.807) is 0 Å². The molecule has 0 aliphatic rings. The van der Waals surface area contributed by atoms with Crippen LogP contribution in [0.4, 0.5) is 0 Å². The lowest BCUT2D eigenvalue weighted by atomic mass is 9.97. The molecule has 4 N–H and O–H groups in total. The molecule has 7 heteroatoms. The number of hydrogen-bond donors (Lipinski definition) is 4. The Hall–Kier alpha value is -1.63. The third-order valence-electron chi connectivity index (χ3n) is 5.53. The first-order valence-corrected chi connectivity index (χ1v) is 12.5. The van der Waals surface area contributed by atoms with E-state index in [0.29, 0.717) is 6.42 Å². The third kappa shape index (κ3) is 26.4. The molecule has 1 unspecified atom stereocenters. The molecule has 0 heterocycles. The topological polar surface area (TPSA) is 132 Å². The summed E-state index contributed by atoms with van der Waals surface area (Å²) in [7, 11) is 0. The molecule has 0 aliphatic carbocycles. The van der Waals surface area contributed by atoms with Gasteiger partial charge in [0, 0.05) is 0 Å². The third-order valence-corrected chi connectivity index (χ3v) is 5.53. The first-order chi connectivity index (χ1) is 15.1. The maximum absolute atomic E-state index is 10.8. The van der Waals surface area contributed by atoms with Crippen LogP contribution in [0.3, 0.4) is 0 Å². The normalized spacial score (nSPS) is 12.5. The molecular weight excluding hydrogens is 412 g/mol.